The number of benzene rings is 1. The van der Waals surface area contributed by atoms with Crippen molar-refractivity contribution in [2.45, 2.75) is 12.8 Å². The first-order chi connectivity index (χ1) is 13.2. The van der Waals surface area contributed by atoms with E-state index in [2.05, 4.69) is 30.1 Å². The van der Waals surface area contributed by atoms with E-state index in [1.807, 2.05) is 25.2 Å². The number of anilines is 1. The molecule has 1 saturated heterocycles. The number of aliphatic imine (C=N–C) groups is 1. The van der Waals surface area contributed by atoms with E-state index in [1.54, 1.807) is 18.5 Å². The summed E-state index contributed by atoms with van der Waals surface area (Å²) in [5, 5.41) is 4.85. The van der Waals surface area contributed by atoms with Gasteiger partial charge in [-0.05, 0) is 36.6 Å². The second-order valence-corrected chi connectivity index (χ2v) is 7.18. The Morgan fingerprint density at radius 2 is 1.89 bits per heavy atom. The van der Waals surface area contributed by atoms with Crippen molar-refractivity contribution in [3.8, 4) is 0 Å². The zero-order chi connectivity index (χ0) is 19.1. The summed E-state index contributed by atoms with van der Waals surface area (Å²) >= 11 is 12.2. The van der Waals surface area contributed by atoms with Crippen LogP contribution in [0.3, 0.4) is 0 Å². The highest BCUT2D eigenvalue weighted by Crippen LogP contribution is 2.21. The Bertz CT molecular complexity index is 760. The molecule has 0 radical (unpaired) electrons. The third-order valence-electron chi connectivity index (χ3n) is 4.55. The number of aryl methyl sites for hydroxylation is 1. The first-order valence-electron chi connectivity index (χ1n) is 9.09. The molecule has 1 aliphatic heterocycles. The van der Waals surface area contributed by atoms with Crippen LogP contribution in [0.4, 0.5) is 5.95 Å². The Kier molecular flexibility index (Phi) is 7.12. The van der Waals surface area contributed by atoms with Crippen molar-refractivity contribution >= 4 is 35.1 Å². The fraction of sp³-hybridized carbons (Fsp3) is 0.421. The summed E-state index contributed by atoms with van der Waals surface area (Å²) in [4.78, 5) is 17.5. The summed E-state index contributed by atoms with van der Waals surface area (Å²) in [7, 11) is 1.82. The van der Waals surface area contributed by atoms with Gasteiger partial charge >= 0.3 is 0 Å². The molecule has 0 atom stereocenters. The average Bonchev–Trinajstić information content (AvgIpc) is 2.70. The predicted molar refractivity (Wildman–Crippen MR) is 112 cm³/mol. The lowest BCUT2D eigenvalue weighted by atomic mass is 10.1. The van der Waals surface area contributed by atoms with Gasteiger partial charge in [0.05, 0.1) is 0 Å². The molecule has 0 spiro atoms. The standard InChI is InChI=1S/C19H24Cl2N6/c1-22-18(23-7-2-4-15-5-6-16(20)14-17(15)21)26-10-12-27(13-11-26)19-24-8-3-9-25-19/h3,5-6,8-9,14H,2,4,7,10-13H2,1H3,(H,22,23). The molecule has 0 saturated carbocycles. The quantitative estimate of drug-likeness (QED) is 0.469. The van der Waals surface area contributed by atoms with Crippen LogP contribution in [0.2, 0.25) is 10.0 Å². The molecular weight excluding hydrogens is 383 g/mol. The molecule has 27 heavy (non-hydrogen) atoms. The summed E-state index contributed by atoms with van der Waals surface area (Å²) in [6.45, 7) is 4.38. The van der Waals surface area contributed by atoms with Crippen LogP contribution in [-0.4, -0.2) is 60.6 Å². The second-order valence-electron chi connectivity index (χ2n) is 6.34. The molecule has 3 rings (SSSR count). The van der Waals surface area contributed by atoms with Gasteiger partial charge in [-0.1, -0.05) is 29.3 Å². The average molecular weight is 407 g/mol. The molecule has 1 aromatic carbocycles. The van der Waals surface area contributed by atoms with Gasteiger partial charge in [-0.15, -0.1) is 0 Å². The molecule has 0 unspecified atom stereocenters. The van der Waals surface area contributed by atoms with Crippen molar-refractivity contribution in [3.05, 3.63) is 52.3 Å². The Labute approximate surface area is 170 Å². The Morgan fingerprint density at radius 3 is 2.56 bits per heavy atom. The first-order valence-corrected chi connectivity index (χ1v) is 9.84. The number of hydrogen-bond donors (Lipinski definition) is 1. The van der Waals surface area contributed by atoms with Crippen molar-refractivity contribution in [1.29, 1.82) is 0 Å². The minimum absolute atomic E-state index is 0.669. The molecule has 1 aliphatic rings. The molecule has 0 amide bonds. The van der Waals surface area contributed by atoms with Gasteiger partial charge < -0.3 is 15.1 Å². The van der Waals surface area contributed by atoms with E-state index < -0.39 is 0 Å². The number of nitrogens with zero attached hydrogens (tertiary/aromatic N) is 5. The van der Waals surface area contributed by atoms with Crippen molar-refractivity contribution in [2.24, 2.45) is 4.99 Å². The number of piperazine rings is 1. The number of aromatic nitrogens is 2. The maximum Gasteiger partial charge on any atom is 0.225 e. The van der Waals surface area contributed by atoms with Crippen LogP contribution in [0.5, 0.6) is 0 Å². The summed E-state index contributed by atoms with van der Waals surface area (Å²) < 4.78 is 0. The first kappa shape index (κ1) is 19.7. The monoisotopic (exact) mass is 406 g/mol. The Hall–Kier alpha value is -2.05. The normalized spacial score (nSPS) is 15.1. The highest BCUT2D eigenvalue weighted by Gasteiger charge is 2.20. The second kappa shape index (κ2) is 9.76. The van der Waals surface area contributed by atoms with Crippen molar-refractivity contribution in [2.75, 3.05) is 44.7 Å². The van der Waals surface area contributed by atoms with Crippen LogP contribution in [0, 0.1) is 0 Å². The zero-order valence-electron chi connectivity index (χ0n) is 15.4. The van der Waals surface area contributed by atoms with Crippen LogP contribution in [0.15, 0.2) is 41.7 Å². The van der Waals surface area contributed by atoms with Crippen LogP contribution in [0.1, 0.15) is 12.0 Å². The van der Waals surface area contributed by atoms with Crippen LogP contribution < -0.4 is 10.2 Å². The van der Waals surface area contributed by atoms with E-state index >= 15 is 0 Å². The fourth-order valence-corrected chi connectivity index (χ4v) is 3.61. The lowest BCUT2D eigenvalue weighted by Crippen LogP contribution is -2.53. The topological polar surface area (TPSA) is 56.7 Å². The van der Waals surface area contributed by atoms with Gasteiger partial charge in [0.25, 0.3) is 0 Å². The zero-order valence-corrected chi connectivity index (χ0v) is 16.9. The maximum atomic E-state index is 6.23. The van der Waals surface area contributed by atoms with E-state index in [1.165, 1.54) is 0 Å². The lowest BCUT2D eigenvalue weighted by Gasteiger charge is -2.36. The molecule has 144 valence electrons. The van der Waals surface area contributed by atoms with Crippen LogP contribution in [-0.2, 0) is 6.42 Å². The minimum Gasteiger partial charge on any atom is -0.356 e. The van der Waals surface area contributed by atoms with Gasteiger partial charge in [0.2, 0.25) is 5.95 Å². The lowest BCUT2D eigenvalue weighted by molar-refractivity contribution is 0.370. The van der Waals surface area contributed by atoms with Crippen molar-refractivity contribution in [1.82, 2.24) is 20.2 Å². The smallest absolute Gasteiger partial charge is 0.225 e. The van der Waals surface area contributed by atoms with E-state index in [-0.39, 0.29) is 0 Å². The largest absolute Gasteiger partial charge is 0.356 e. The number of guanidine groups is 1. The highest BCUT2D eigenvalue weighted by molar-refractivity contribution is 6.35. The molecule has 2 aromatic rings. The van der Waals surface area contributed by atoms with E-state index in [4.69, 9.17) is 23.2 Å². The molecular formula is C19H24Cl2N6. The summed E-state index contributed by atoms with van der Waals surface area (Å²) in [6, 6.07) is 7.50. The fourth-order valence-electron chi connectivity index (χ4n) is 3.11. The number of rotatable bonds is 5. The van der Waals surface area contributed by atoms with Crippen LogP contribution in [0.25, 0.3) is 0 Å². The Morgan fingerprint density at radius 1 is 1.15 bits per heavy atom. The molecule has 1 N–H and O–H groups in total. The number of halogens is 2. The molecule has 2 heterocycles. The summed E-state index contributed by atoms with van der Waals surface area (Å²) in [5.41, 5.74) is 1.12. The van der Waals surface area contributed by atoms with Gasteiger partial charge in [-0.3, -0.25) is 4.99 Å². The highest BCUT2D eigenvalue weighted by atomic mass is 35.5. The number of nitrogens with one attached hydrogen (secondary N) is 1. The SMILES string of the molecule is CN=C(NCCCc1ccc(Cl)cc1Cl)N1CCN(c2ncccn2)CC1. The third-order valence-corrected chi connectivity index (χ3v) is 5.13. The van der Waals surface area contributed by atoms with E-state index in [9.17, 15) is 0 Å². The molecule has 0 aliphatic carbocycles. The van der Waals surface area contributed by atoms with Gasteiger partial charge in [-0.25, -0.2) is 9.97 Å². The Balaban J connectivity index is 1.43. The van der Waals surface area contributed by atoms with Crippen LogP contribution >= 0.6 is 23.2 Å². The molecule has 0 bridgehead atoms. The van der Waals surface area contributed by atoms with E-state index in [0.29, 0.717) is 5.02 Å². The van der Waals surface area contributed by atoms with Gasteiger partial charge in [0, 0.05) is 62.2 Å². The van der Waals surface area contributed by atoms with E-state index in [0.717, 1.165) is 68.1 Å². The van der Waals surface area contributed by atoms with Crippen molar-refractivity contribution in [3.63, 3.8) is 0 Å². The van der Waals surface area contributed by atoms with Gasteiger partial charge in [0.1, 0.15) is 0 Å². The third kappa shape index (κ3) is 5.47. The predicted octanol–water partition coefficient (Wildman–Crippen LogP) is 3.11. The summed E-state index contributed by atoms with van der Waals surface area (Å²) in [6.07, 6.45) is 5.43. The number of hydrogen-bond acceptors (Lipinski definition) is 4. The molecule has 1 fully saturated rings. The molecule has 8 heteroatoms. The maximum absolute atomic E-state index is 6.23. The van der Waals surface area contributed by atoms with Crippen molar-refractivity contribution < 1.29 is 0 Å². The van der Waals surface area contributed by atoms with Gasteiger partial charge in [-0.2, -0.15) is 0 Å². The van der Waals surface area contributed by atoms with Gasteiger partial charge in [0.15, 0.2) is 5.96 Å². The minimum atomic E-state index is 0.669. The molecule has 6 nitrogen and oxygen atoms in total. The molecule has 1 aromatic heterocycles. The summed E-state index contributed by atoms with van der Waals surface area (Å²) in [5.74, 6) is 1.73.